The second kappa shape index (κ2) is 11.7. The molecule has 11 heteroatoms. The first-order valence-electron chi connectivity index (χ1n) is 16.5. The van der Waals surface area contributed by atoms with Crippen molar-refractivity contribution < 1.29 is 23.5 Å². The van der Waals surface area contributed by atoms with E-state index >= 15 is 0 Å². The van der Waals surface area contributed by atoms with E-state index in [4.69, 9.17) is 4.74 Å². The van der Waals surface area contributed by atoms with Gasteiger partial charge >= 0.3 is 4.87 Å². The molecule has 2 aliphatic carbocycles. The quantitative estimate of drug-likeness (QED) is 0.226. The highest BCUT2D eigenvalue weighted by Crippen LogP contribution is 2.69. The number of nitrogens with zero attached hydrogens (tertiary/aromatic N) is 2. The fraction of sp³-hybridized carbons (Fsp3) is 0.368. The second-order valence-corrected chi connectivity index (χ2v) is 16.7. The molecule has 2 bridgehead atoms. The highest BCUT2D eigenvalue weighted by Gasteiger charge is 2.69. The molecule has 7 atom stereocenters. The van der Waals surface area contributed by atoms with Crippen LogP contribution < -0.4 is 19.8 Å². The molecular formula is C38H36FN3O5S2. The zero-order chi connectivity index (χ0) is 34.4. The molecule has 0 spiro atoms. The number of carbonyl (C=O) groups is 3. The third-order valence-electron chi connectivity index (χ3n) is 10.8. The summed E-state index contributed by atoms with van der Waals surface area (Å²) >= 11 is 2.77. The Morgan fingerprint density at radius 1 is 0.918 bits per heavy atom. The summed E-state index contributed by atoms with van der Waals surface area (Å²) in [5.74, 6) is -1.74. The zero-order valence-corrected chi connectivity index (χ0v) is 29.1. The Kier molecular flexibility index (Phi) is 7.64. The Morgan fingerprint density at radius 3 is 2.20 bits per heavy atom. The number of fused-ring (bicyclic) bond motifs is 9. The largest absolute Gasteiger partial charge is 0.497 e. The number of thioether (sulfide) groups is 1. The lowest BCUT2D eigenvalue weighted by Crippen LogP contribution is -2.43. The fourth-order valence-corrected chi connectivity index (χ4v) is 11.8. The van der Waals surface area contributed by atoms with Crippen molar-refractivity contribution in [3.63, 3.8) is 0 Å². The maximum atomic E-state index is 14.1. The van der Waals surface area contributed by atoms with Crippen LogP contribution in [0.1, 0.15) is 49.1 Å². The van der Waals surface area contributed by atoms with Gasteiger partial charge in [-0.2, -0.15) is 0 Å². The predicted octanol–water partition coefficient (Wildman–Crippen LogP) is 6.67. The Hall–Kier alpha value is -4.22. The van der Waals surface area contributed by atoms with Crippen molar-refractivity contribution in [2.45, 2.75) is 55.3 Å². The number of methoxy groups -OCH3 is 1. The first-order chi connectivity index (χ1) is 23.4. The average molecular weight is 698 g/mol. The van der Waals surface area contributed by atoms with Crippen molar-refractivity contribution in [3.05, 3.63) is 104 Å². The van der Waals surface area contributed by atoms with Gasteiger partial charge in [0.25, 0.3) is 0 Å². The van der Waals surface area contributed by atoms with E-state index in [9.17, 15) is 23.6 Å². The molecule has 8 nitrogen and oxygen atoms in total. The molecule has 49 heavy (non-hydrogen) atoms. The van der Waals surface area contributed by atoms with Crippen molar-refractivity contribution in [1.29, 1.82) is 0 Å². The lowest BCUT2D eigenvalue weighted by molar-refractivity contribution is -0.123. The summed E-state index contributed by atoms with van der Waals surface area (Å²) in [7, 11) is 1.58. The Balaban J connectivity index is 1.17. The van der Waals surface area contributed by atoms with Gasteiger partial charge in [-0.1, -0.05) is 56.4 Å². The lowest BCUT2D eigenvalue weighted by atomic mass is 9.68. The van der Waals surface area contributed by atoms with Crippen LogP contribution in [-0.2, 0) is 26.3 Å². The number of imide groups is 1. The number of nitrogens with one attached hydrogen (secondary N) is 1. The van der Waals surface area contributed by atoms with Crippen molar-refractivity contribution >= 4 is 52.2 Å². The smallest absolute Gasteiger partial charge is 0.308 e. The van der Waals surface area contributed by atoms with E-state index in [-0.39, 0.29) is 63.5 Å². The summed E-state index contributed by atoms with van der Waals surface area (Å²) in [6.07, 6.45) is 0.750. The van der Waals surface area contributed by atoms with Crippen molar-refractivity contribution in [1.82, 2.24) is 4.57 Å². The molecule has 3 fully saturated rings. The number of thiazole rings is 1. The number of halogens is 1. The van der Waals surface area contributed by atoms with Crippen LogP contribution in [0.25, 0.3) is 0 Å². The highest BCUT2D eigenvalue weighted by molar-refractivity contribution is 8.00. The molecule has 1 aromatic heterocycles. The summed E-state index contributed by atoms with van der Waals surface area (Å²) in [6.45, 7) is 6.36. The average Bonchev–Trinajstić information content (AvgIpc) is 3.80. The van der Waals surface area contributed by atoms with Gasteiger partial charge in [-0.05, 0) is 89.2 Å². The normalized spacial score (nSPS) is 26.8. The zero-order valence-electron chi connectivity index (χ0n) is 27.5. The van der Waals surface area contributed by atoms with Gasteiger partial charge in [-0.25, -0.2) is 4.39 Å². The SMILES string of the molecule is COc1ccc(NC(=O)Cn2c3c(sc2=O)C(c2ccc(C(C)(C)C)cc2)C2C4CC(C2S3)C2C(=O)N(c3ccc(F)cc3)C(=O)C42)cc1. The number of benzene rings is 3. The first-order valence-corrected chi connectivity index (χ1v) is 18.2. The van der Waals surface area contributed by atoms with Crippen LogP contribution >= 0.6 is 23.1 Å². The maximum Gasteiger partial charge on any atom is 0.308 e. The molecule has 2 aliphatic heterocycles. The molecule has 0 radical (unpaired) electrons. The summed E-state index contributed by atoms with van der Waals surface area (Å²) in [5.41, 5.74) is 3.21. The first kappa shape index (κ1) is 32.0. The van der Waals surface area contributed by atoms with E-state index in [2.05, 4.69) is 50.4 Å². The van der Waals surface area contributed by atoms with Crippen LogP contribution in [0, 0.1) is 35.4 Å². The van der Waals surface area contributed by atoms with Crippen LogP contribution in [0.2, 0.25) is 0 Å². The van der Waals surface area contributed by atoms with Gasteiger partial charge in [0, 0.05) is 21.7 Å². The summed E-state index contributed by atoms with van der Waals surface area (Å²) in [5, 5.41) is 3.64. The Bertz CT molecular complexity index is 2030. The number of carbonyl (C=O) groups excluding carboxylic acids is 3. The Morgan fingerprint density at radius 2 is 1.57 bits per heavy atom. The minimum absolute atomic E-state index is 0.0220. The summed E-state index contributed by atoms with van der Waals surface area (Å²) in [6, 6.07) is 21.1. The molecule has 3 aromatic carbocycles. The van der Waals surface area contributed by atoms with Crippen molar-refractivity contribution in [2.24, 2.45) is 29.6 Å². The topological polar surface area (TPSA) is 97.7 Å². The number of anilines is 2. The lowest BCUT2D eigenvalue weighted by Gasteiger charge is -2.43. The van der Waals surface area contributed by atoms with E-state index < -0.39 is 17.7 Å². The number of amides is 3. The minimum atomic E-state index is -0.473. The van der Waals surface area contributed by atoms with Crippen molar-refractivity contribution in [3.8, 4) is 5.75 Å². The molecule has 4 aromatic rings. The van der Waals surface area contributed by atoms with Crippen LogP contribution in [0.4, 0.5) is 15.8 Å². The summed E-state index contributed by atoms with van der Waals surface area (Å²) < 4.78 is 20.6. The van der Waals surface area contributed by atoms with Gasteiger partial charge < -0.3 is 10.1 Å². The van der Waals surface area contributed by atoms with Crippen LogP contribution in [0.15, 0.2) is 82.6 Å². The van der Waals surface area contributed by atoms with Gasteiger partial charge in [0.1, 0.15) is 18.1 Å². The highest BCUT2D eigenvalue weighted by atomic mass is 32.2. The van der Waals surface area contributed by atoms with Gasteiger partial charge in [-0.3, -0.25) is 28.6 Å². The second-order valence-electron chi connectivity index (χ2n) is 14.5. The number of rotatable bonds is 6. The molecule has 3 heterocycles. The Labute approximate surface area is 291 Å². The van der Waals surface area contributed by atoms with Crippen LogP contribution in [0.3, 0.4) is 0 Å². The maximum absolute atomic E-state index is 14.1. The molecule has 252 valence electrons. The number of aromatic nitrogens is 1. The standard InChI is InChI=1S/C38H36FN3O5S2/c1-38(2,3)20-7-5-19(6-8-20)28-29-25-17-26(31-30(25)34(44)42(35(31)45)23-13-9-21(39)10-14-23)32(29)48-36-33(28)49-37(46)41(36)18-27(43)40-22-11-15-24(47-4)16-12-22/h5-16,25-26,28-32H,17-18H2,1-4H3,(H,40,43). The van der Waals surface area contributed by atoms with Gasteiger partial charge in [0.15, 0.2) is 0 Å². The van der Waals surface area contributed by atoms with E-state index in [1.807, 2.05) is 0 Å². The molecule has 3 amide bonds. The third kappa shape index (κ3) is 5.15. The number of ether oxygens (including phenoxy) is 1. The van der Waals surface area contributed by atoms with Crippen molar-refractivity contribution in [2.75, 3.05) is 17.3 Å². The minimum Gasteiger partial charge on any atom is -0.497 e. The molecule has 7 unspecified atom stereocenters. The number of hydrogen-bond donors (Lipinski definition) is 1. The van der Waals surface area contributed by atoms with Gasteiger partial charge in [-0.15, -0.1) is 11.8 Å². The molecule has 2 saturated carbocycles. The monoisotopic (exact) mass is 697 g/mol. The van der Waals surface area contributed by atoms with E-state index in [1.54, 1.807) is 47.7 Å². The molecule has 8 rings (SSSR count). The number of hydrogen-bond acceptors (Lipinski definition) is 7. The summed E-state index contributed by atoms with van der Waals surface area (Å²) in [4.78, 5) is 57.0. The van der Waals surface area contributed by atoms with E-state index in [0.29, 0.717) is 17.1 Å². The fourth-order valence-electron chi connectivity index (χ4n) is 8.68. The van der Waals surface area contributed by atoms with Crippen LogP contribution in [-0.4, -0.2) is 34.6 Å². The predicted molar refractivity (Wildman–Crippen MR) is 188 cm³/mol. The molecule has 1 saturated heterocycles. The van der Waals surface area contributed by atoms with E-state index in [1.165, 1.54) is 46.1 Å². The van der Waals surface area contributed by atoms with Gasteiger partial charge in [0.05, 0.1) is 29.7 Å². The molecule has 4 aliphatic rings. The van der Waals surface area contributed by atoms with Gasteiger partial charge in [0.2, 0.25) is 17.7 Å². The molecule has 1 N–H and O–H groups in total. The van der Waals surface area contributed by atoms with E-state index in [0.717, 1.165) is 21.9 Å². The third-order valence-corrected chi connectivity index (χ3v) is 13.6. The molecular weight excluding hydrogens is 662 g/mol. The van der Waals surface area contributed by atoms with Crippen LogP contribution in [0.5, 0.6) is 5.75 Å².